The average Bonchev–Trinajstić information content (AvgIpc) is 3.08. The third-order valence-corrected chi connectivity index (χ3v) is 8.53. The summed E-state index contributed by atoms with van der Waals surface area (Å²) in [6, 6.07) is 17.7. The van der Waals surface area contributed by atoms with Crippen LogP contribution < -0.4 is 16.0 Å². The van der Waals surface area contributed by atoms with Gasteiger partial charge in [-0.3, -0.25) is 14.4 Å². The molecule has 2 aromatic rings. The molecule has 0 saturated heterocycles. The summed E-state index contributed by atoms with van der Waals surface area (Å²) < 4.78 is 0. The lowest BCUT2D eigenvalue weighted by Crippen LogP contribution is -2.51. The number of primary amides is 1. The van der Waals surface area contributed by atoms with Crippen molar-refractivity contribution in [3.63, 3.8) is 0 Å². The number of rotatable bonds is 12. The largest absolute Gasteiger partial charge is 0.369 e. The molecule has 0 aromatic heterocycles. The lowest BCUT2D eigenvalue weighted by molar-refractivity contribution is -0.136. The molecule has 3 atom stereocenters. The fraction of sp³-hybridized carbons (Fsp3) is 0.529. The van der Waals surface area contributed by atoms with E-state index in [2.05, 4.69) is 5.32 Å². The first-order chi connectivity index (χ1) is 19.8. The highest BCUT2D eigenvalue weighted by molar-refractivity contribution is 6.20. The zero-order valence-electron chi connectivity index (χ0n) is 24.9. The minimum Gasteiger partial charge on any atom is -0.369 e. The standard InChI is InChI=1S/C34H46N4O3/c1-4-13-26(31(35)39)28(22-23(2)3)33(40)37-32-34(41)38(21-20-24-14-7-5-8-15-24)29-19-12-11-18-27(29)30(36-32)25-16-9-6-10-17-25/h6,9-12,16-19,23-24,26,28,32H,4-5,7-8,13-15,20-22H2,1-3H3,(H2,35,39)(H,37,40). The maximum absolute atomic E-state index is 14.3. The molecule has 3 unspecified atom stereocenters. The van der Waals surface area contributed by atoms with Crippen molar-refractivity contribution in [2.45, 2.75) is 84.7 Å². The van der Waals surface area contributed by atoms with E-state index in [1.165, 1.54) is 32.1 Å². The van der Waals surface area contributed by atoms with Gasteiger partial charge < -0.3 is 16.0 Å². The second-order valence-electron chi connectivity index (χ2n) is 12.1. The van der Waals surface area contributed by atoms with Crippen LogP contribution in [-0.2, 0) is 14.4 Å². The Morgan fingerprint density at radius 3 is 2.34 bits per heavy atom. The molecule has 7 nitrogen and oxygen atoms in total. The van der Waals surface area contributed by atoms with E-state index in [0.717, 1.165) is 29.7 Å². The average molecular weight is 559 g/mol. The normalized spacial score (nSPS) is 19.2. The molecule has 1 saturated carbocycles. The minimum absolute atomic E-state index is 0.175. The van der Waals surface area contributed by atoms with Gasteiger partial charge in [0.15, 0.2) is 0 Å². The maximum Gasteiger partial charge on any atom is 0.272 e. The number of para-hydroxylation sites is 1. The number of nitrogens with zero attached hydrogens (tertiary/aromatic N) is 2. The van der Waals surface area contributed by atoms with E-state index in [0.29, 0.717) is 31.0 Å². The van der Waals surface area contributed by atoms with Crippen LogP contribution in [-0.4, -0.2) is 36.1 Å². The van der Waals surface area contributed by atoms with Gasteiger partial charge in [0.1, 0.15) is 0 Å². The Labute approximate surface area is 245 Å². The molecule has 3 amide bonds. The first-order valence-electron chi connectivity index (χ1n) is 15.4. The van der Waals surface area contributed by atoms with Gasteiger partial charge in [-0.25, -0.2) is 4.99 Å². The molecule has 1 fully saturated rings. The van der Waals surface area contributed by atoms with E-state index in [1.807, 2.05) is 80.3 Å². The van der Waals surface area contributed by atoms with Crippen LogP contribution in [0.3, 0.4) is 0 Å². The number of carbonyl (C=O) groups excluding carboxylic acids is 3. The number of nitrogens with one attached hydrogen (secondary N) is 1. The molecular weight excluding hydrogens is 512 g/mol. The third kappa shape index (κ3) is 7.63. The number of anilines is 1. The summed E-state index contributed by atoms with van der Waals surface area (Å²) in [5.74, 6) is -1.53. The van der Waals surface area contributed by atoms with Crippen LogP contribution >= 0.6 is 0 Å². The molecule has 2 aliphatic rings. The monoisotopic (exact) mass is 558 g/mol. The number of aliphatic imine (C=N–C) groups is 1. The Hall–Kier alpha value is -3.48. The van der Waals surface area contributed by atoms with Crippen LogP contribution in [0.25, 0.3) is 0 Å². The molecule has 1 aliphatic carbocycles. The van der Waals surface area contributed by atoms with Crippen LogP contribution in [0.15, 0.2) is 59.6 Å². The first-order valence-corrected chi connectivity index (χ1v) is 15.4. The number of carbonyl (C=O) groups is 3. The van der Waals surface area contributed by atoms with Gasteiger partial charge in [0.05, 0.1) is 11.4 Å². The summed E-state index contributed by atoms with van der Waals surface area (Å²) in [6.07, 6.45) is 7.72. The molecule has 0 spiro atoms. The van der Waals surface area contributed by atoms with E-state index in [4.69, 9.17) is 10.7 Å². The number of nitrogens with two attached hydrogens (primary N) is 1. The Balaban J connectivity index is 1.72. The van der Waals surface area contributed by atoms with Crippen molar-refractivity contribution in [2.75, 3.05) is 11.4 Å². The fourth-order valence-corrected chi connectivity index (χ4v) is 6.42. The van der Waals surface area contributed by atoms with Crippen molar-refractivity contribution in [3.05, 3.63) is 65.7 Å². The van der Waals surface area contributed by atoms with E-state index in [1.54, 1.807) is 0 Å². The van der Waals surface area contributed by atoms with E-state index in [-0.39, 0.29) is 17.7 Å². The van der Waals surface area contributed by atoms with Crippen LogP contribution in [0, 0.1) is 23.7 Å². The van der Waals surface area contributed by atoms with E-state index < -0.39 is 23.9 Å². The second-order valence-corrected chi connectivity index (χ2v) is 12.1. The second kappa shape index (κ2) is 14.4. The van der Waals surface area contributed by atoms with Crippen molar-refractivity contribution in [1.82, 2.24) is 5.32 Å². The molecule has 1 aliphatic heterocycles. The quantitative estimate of drug-likeness (QED) is 0.342. The highest BCUT2D eigenvalue weighted by Crippen LogP contribution is 2.32. The molecular formula is C34H46N4O3. The summed E-state index contributed by atoms with van der Waals surface area (Å²) in [4.78, 5) is 47.4. The van der Waals surface area contributed by atoms with Crippen molar-refractivity contribution in [1.29, 1.82) is 0 Å². The van der Waals surface area contributed by atoms with Gasteiger partial charge in [-0.15, -0.1) is 0 Å². The van der Waals surface area contributed by atoms with Gasteiger partial charge in [0.25, 0.3) is 5.91 Å². The lowest BCUT2D eigenvalue weighted by atomic mass is 9.81. The Morgan fingerprint density at radius 2 is 1.68 bits per heavy atom. The third-order valence-electron chi connectivity index (χ3n) is 8.53. The van der Waals surface area contributed by atoms with E-state index in [9.17, 15) is 14.4 Å². The highest BCUT2D eigenvalue weighted by atomic mass is 16.2. The molecule has 2 aromatic carbocycles. The van der Waals surface area contributed by atoms with Gasteiger partial charge in [-0.05, 0) is 37.2 Å². The summed E-state index contributed by atoms with van der Waals surface area (Å²) in [5, 5.41) is 2.98. The zero-order valence-corrected chi connectivity index (χ0v) is 24.9. The topological polar surface area (TPSA) is 105 Å². The Morgan fingerprint density at radius 1 is 1.00 bits per heavy atom. The van der Waals surface area contributed by atoms with Gasteiger partial charge in [-0.2, -0.15) is 0 Å². The maximum atomic E-state index is 14.3. The SMILES string of the molecule is CCCC(C(N)=O)C(CC(C)C)C(=O)NC1N=C(c2ccccc2)c2ccccc2N(CCC2CCCCC2)C1=O. The van der Waals surface area contributed by atoms with Gasteiger partial charge in [-0.1, -0.05) is 108 Å². The number of amides is 3. The smallest absolute Gasteiger partial charge is 0.272 e. The summed E-state index contributed by atoms with van der Waals surface area (Å²) in [5.41, 5.74) is 9.01. The van der Waals surface area contributed by atoms with Crippen molar-refractivity contribution in [3.8, 4) is 0 Å². The summed E-state index contributed by atoms with van der Waals surface area (Å²) in [7, 11) is 0. The van der Waals surface area contributed by atoms with Crippen LogP contribution in [0.2, 0.25) is 0 Å². The van der Waals surface area contributed by atoms with Crippen LogP contribution in [0.4, 0.5) is 5.69 Å². The van der Waals surface area contributed by atoms with Gasteiger partial charge >= 0.3 is 0 Å². The molecule has 0 bridgehead atoms. The lowest BCUT2D eigenvalue weighted by Gasteiger charge is -2.30. The predicted molar refractivity (Wildman–Crippen MR) is 165 cm³/mol. The number of hydrogen-bond donors (Lipinski definition) is 2. The van der Waals surface area contributed by atoms with Gasteiger partial charge in [0, 0.05) is 29.5 Å². The minimum atomic E-state index is -1.11. The van der Waals surface area contributed by atoms with Crippen LogP contribution in [0.1, 0.15) is 89.7 Å². The number of benzodiazepines with no additional fused rings is 1. The van der Waals surface area contributed by atoms with Gasteiger partial charge in [0.2, 0.25) is 18.0 Å². The molecule has 0 radical (unpaired) electrons. The number of fused-ring (bicyclic) bond motifs is 1. The number of benzene rings is 2. The Kier molecular flexibility index (Phi) is 10.7. The predicted octanol–water partition coefficient (Wildman–Crippen LogP) is 5.85. The van der Waals surface area contributed by atoms with E-state index >= 15 is 0 Å². The highest BCUT2D eigenvalue weighted by Gasteiger charge is 2.37. The van der Waals surface area contributed by atoms with Crippen molar-refractivity contribution in [2.24, 2.45) is 34.4 Å². The molecule has 7 heteroatoms. The molecule has 3 N–H and O–H groups in total. The fourth-order valence-electron chi connectivity index (χ4n) is 6.42. The summed E-state index contributed by atoms with van der Waals surface area (Å²) in [6.45, 7) is 6.60. The van der Waals surface area contributed by atoms with Crippen molar-refractivity contribution < 1.29 is 14.4 Å². The molecule has 41 heavy (non-hydrogen) atoms. The molecule has 220 valence electrons. The molecule has 4 rings (SSSR count). The van der Waals surface area contributed by atoms with Crippen molar-refractivity contribution >= 4 is 29.1 Å². The first kappa shape index (κ1) is 30.5. The Bertz CT molecular complexity index is 1220. The molecule has 1 heterocycles. The number of hydrogen-bond acceptors (Lipinski definition) is 4. The summed E-state index contributed by atoms with van der Waals surface area (Å²) >= 11 is 0. The zero-order chi connectivity index (χ0) is 29.4. The van der Waals surface area contributed by atoms with Crippen LogP contribution in [0.5, 0.6) is 0 Å².